The first kappa shape index (κ1) is 10.4. The quantitative estimate of drug-likeness (QED) is 0.878. The summed E-state index contributed by atoms with van der Waals surface area (Å²) in [6.07, 6.45) is 3.56. The van der Waals surface area contributed by atoms with E-state index >= 15 is 0 Å². The number of hydrogen-bond donors (Lipinski definition) is 1. The standard InChI is InChI=1S/C13H14N2O2/c1-16-10-4-2-9(3-5-10)11-8-17-12(15-11)13(14)6-7-13/h2-5,8H,6-7,14H2,1H3. The van der Waals surface area contributed by atoms with Crippen LogP contribution in [0.25, 0.3) is 11.3 Å². The summed E-state index contributed by atoms with van der Waals surface area (Å²) in [4.78, 5) is 4.44. The van der Waals surface area contributed by atoms with E-state index in [2.05, 4.69) is 4.98 Å². The van der Waals surface area contributed by atoms with Gasteiger partial charge in [0.15, 0.2) is 0 Å². The van der Waals surface area contributed by atoms with E-state index in [1.807, 2.05) is 24.3 Å². The molecule has 3 rings (SSSR count). The number of methoxy groups -OCH3 is 1. The van der Waals surface area contributed by atoms with E-state index in [0.717, 1.165) is 29.8 Å². The molecule has 0 atom stereocenters. The molecule has 1 fully saturated rings. The largest absolute Gasteiger partial charge is 0.497 e. The highest BCUT2D eigenvalue weighted by Gasteiger charge is 2.44. The van der Waals surface area contributed by atoms with E-state index in [-0.39, 0.29) is 5.54 Å². The van der Waals surface area contributed by atoms with Gasteiger partial charge in [-0.05, 0) is 37.1 Å². The van der Waals surface area contributed by atoms with Crippen molar-refractivity contribution in [3.8, 4) is 17.0 Å². The molecule has 0 bridgehead atoms. The topological polar surface area (TPSA) is 61.3 Å². The average molecular weight is 230 g/mol. The molecule has 88 valence electrons. The number of aromatic nitrogens is 1. The van der Waals surface area contributed by atoms with Crippen molar-refractivity contribution in [2.24, 2.45) is 5.73 Å². The second-order valence-electron chi connectivity index (χ2n) is 4.42. The van der Waals surface area contributed by atoms with E-state index in [1.54, 1.807) is 13.4 Å². The van der Waals surface area contributed by atoms with Gasteiger partial charge in [-0.3, -0.25) is 0 Å². The minimum atomic E-state index is -0.315. The third-order valence-electron chi connectivity index (χ3n) is 3.10. The molecular weight excluding hydrogens is 216 g/mol. The van der Waals surface area contributed by atoms with Gasteiger partial charge in [0.25, 0.3) is 0 Å². The SMILES string of the molecule is COc1ccc(-c2coc(C3(N)CC3)n2)cc1. The summed E-state index contributed by atoms with van der Waals surface area (Å²) in [6, 6.07) is 7.71. The van der Waals surface area contributed by atoms with Gasteiger partial charge in [-0.25, -0.2) is 4.98 Å². The minimum Gasteiger partial charge on any atom is -0.497 e. The molecule has 0 amide bonds. The lowest BCUT2D eigenvalue weighted by atomic mass is 10.2. The van der Waals surface area contributed by atoms with Crippen LogP contribution in [-0.2, 0) is 5.54 Å². The fourth-order valence-electron chi connectivity index (χ4n) is 1.75. The first-order valence-corrected chi connectivity index (χ1v) is 5.61. The van der Waals surface area contributed by atoms with Gasteiger partial charge in [-0.2, -0.15) is 0 Å². The Bertz CT molecular complexity index is 527. The average Bonchev–Trinajstić information content (AvgIpc) is 2.94. The summed E-state index contributed by atoms with van der Waals surface area (Å²) in [6.45, 7) is 0. The zero-order chi connectivity index (χ0) is 11.9. The van der Waals surface area contributed by atoms with Crippen molar-refractivity contribution < 1.29 is 9.15 Å². The van der Waals surface area contributed by atoms with Gasteiger partial charge < -0.3 is 14.9 Å². The maximum Gasteiger partial charge on any atom is 0.214 e. The summed E-state index contributed by atoms with van der Waals surface area (Å²) in [7, 11) is 1.65. The van der Waals surface area contributed by atoms with Crippen molar-refractivity contribution in [3.05, 3.63) is 36.4 Å². The molecule has 4 nitrogen and oxygen atoms in total. The van der Waals surface area contributed by atoms with Crippen molar-refractivity contribution >= 4 is 0 Å². The molecule has 0 unspecified atom stereocenters. The Morgan fingerprint density at radius 1 is 1.29 bits per heavy atom. The van der Waals surface area contributed by atoms with Crippen LogP contribution in [0.3, 0.4) is 0 Å². The summed E-state index contributed by atoms with van der Waals surface area (Å²) >= 11 is 0. The minimum absolute atomic E-state index is 0.315. The lowest BCUT2D eigenvalue weighted by molar-refractivity contribution is 0.415. The van der Waals surface area contributed by atoms with Crippen LogP contribution in [0.1, 0.15) is 18.7 Å². The Hall–Kier alpha value is -1.81. The van der Waals surface area contributed by atoms with Gasteiger partial charge >= 0.3 is 0 Å². The molecule has 17 heavy (non-hydrogen) atoms. The Morgan fingerprint density at radius 3 is 2.59 bits per heavy atom. The Labute approximate surface area is 99.4 Å². The molecular formula is C13H14N2O2. The molecule has 1 heterocycles. The summed E-state index contributed by atoms with van der Waals surface area (Å²) in [5, 5.41) is 0. The van der Waals surface area contributed by atoms with Crippen LogP contribution in [-0.4, -0.2) is 12.1 Å². The van der Waals surface area contributed by atoms with Crippen LogP contribution in [0, 0.1) is 0 Å². The van der Waals surface area contributed by atoms with Crippen LogP contribution in [0.15, 0.2) is 34.9 Å². The zero-order valence-electron chi connectivity index (χ0n) is 9.64. The maximum atomic E-state index is 6.03. The maximum absolute atomic E-state index is 6.03. The second kappa shape index (κ2) is 3.60. The summed E-state index contributed by atoms with van der Waals surface area (Å²) in [5.41, 5.74) is 7.54. The van der Waals surface area contributed by atoms with Crippen LogP contribution in [0.5, 0.6) is 5.75 Å². The molecule has 1 aliphatic rings. The van der Waals surface area contributed by atoms with Crippen molar-refractivity contribution in [3.63, 3.8) is 0 Å². The number of benzene rings is 1. The smallest absolute Gasteiger partial charge is 0.214 e. The van der Waals surface area contributed by atoms with E-state index in [9.17, 15) is 0 Å². The number of hydrogen-bond acceptors (Lipinski definition) is 4. The Morgan fingerprint density at radius 2 is 2.00 bits per heavy atom. The third-order valence-corrected chi connectivity index (χ3v) is 3.10. The number of oxazole rings is 1. The Kier molecular flexibility index (Phi) is 2.19. The monoisotopic (exact) mass is 230 g/mol. The normalized spacial score (nSPS) is 16.8. The molecule has 1 aliphatic carbocycles. The van der Waals surface area contributed by atoms with Crippen LogP contribution < -0.4 is 10.5 Å². The fraction of sp³-hybridized carbons (Fsp3) is 0.308. The van der Waals surface area contributed by atoms with E-state index in [0.29, 0.717) is 5.89 Å². The van der Waals surface area contributed by atoms with Crippen molar-refractivity contribution in [2.75, 3.05) is 7.11 Å². The highest BCUT2D eigenvalue weighted by atomic mass is 16.5. The Balaban J connectivity index is 1.90. The molecule has 1 aromatic heterocycles. The molecule has 0 radical (unpaired) electrons. The predicted octanol–water partition coefficient (Wildman–Crippen LogP) is 2.30. The van der Waals surface area contributed by atoms with E-state index in [4.69, 9.17) is 14.9 Å². The third kappa shape index (κ3) is 1.80. The lowest BCUT2D eigenvalue weighted by Crippen LogP contribution is -2.18. The first-order chi connectivity index (χ1) is 8.21. The molecule has 0 spiro atoms. The van der Waals surface area contributed by atoms with Crippen molar-refractivity contribution in [2.45, 2.75) is 18.4 Å². The van der Waals surface area contributed by atoms with Crippen molar-refractivity contribution in [1.29, 1.82) is 0 Å². The van der Waals surface area contributed by atoms with Crippen LogP contribution in [0.4, 0.5) is 0 Å². The highest BCUT2D eigenvalue weighted by molar-refractivity contribution is 5.59. The molecule has 1 saturated carbocycles. The molecule has 0 aliphatic heterocycles. The van der Waals surface area contributed by atoms with Gasteiger partial charge in [-0.1, -0.05) is 0 Å². The van der Waals surface area contributed by atoms with Crippen LogP contribution in [0.2, 0.25) is 0 Å². The predicted molar refractivity (Wildman–Crippen MR) is 63.6 cm³/mol. The van der Waals surface area contributed by atoms with Crippen molar-refractivity contribution in [1.82, 2.24) is 4.98 Å². The van der Waals surface area contributed by atoms with Crippen LogP contribution >= 0.6 is 0 Å². The van der Waals surface area contributed by atoms with Gasteiger partial charge in [0.2, 0.25) is 5.89 Å². The van der Waals surface area contributed by atoms with Gasteiger partial charge in [0.05, 0.1) is 12.6 Å². The molecule has 1 aromatic carbocycles. The van der Waals surface area contributed by atoms with Gasteiger partial charge in [0.1, 0.15) is 17.7 Å². The lowest BCUT2D eigenvalue weighted by Gasteiger charge is -2.01. The molecule has 2 N–H and O–H groups in total. The van der Waals surface area contributed by atoms with Gasteiger partial charge in [0, 0.05) is 5.56 Å². The summed E-state index contributed by atoms with van der Waals surface area (Å²) < 4.78 is 10.5. The molecule has 2 aromatic rings. The number of ether oxygens (including phenoxy) is 1. The van der Waals surface area contributed by atoms with E-state index in [1.165, 1.54) is 0 Å². The highest BCUT2D eigenvalue weighted by Crippen LogP contribution is 2.42. The number of rotatable bonds is 3. The zero-order valence-corrected chi connectivity index (χ0v) is 9.64. The first-order valence-electron chi connectivity index (χ1n) is 5.61. The second-order valence-corrected chi connectivity index (χ2v) is 4.42. The summed E-state index contributed by atoms with van der Waals surface area (Å²) in [5.74, 6) is 1.47. The number of nitrogens with two attached hydrogens (primary N) is 1. The molecule has 0 saturated heterocycles. The molecule has 4 heteroatoms. The van der Waals surface area contributed by atoms with E-state index < -0.39 is 0 Å². The van der Waals surface area contributed by atoms with Gasteiger partial charge in [-0.15, -0.1) is 0 Å². The number of nitrogens with zero attached hydrogens (tertiary/aromatic N) is 1. The fourth-order valence-corrected chi connectivity index (χ4v) is 1.75.